The molecule has 1 aromatic heterocycles. The highest BCUT2D eigenvalue weighted by Gasteiger charge is 2.24. The summed E-state index contributed by atoms with van der Waals surface area (Å²) in [4.78, 5) is 24.0. The summed E-state index contributed by atoms with van der Waals surface area (Å²) in [5.74, 6) is 1.28. The standard InChI is InChI=1S/C27H27N3O3S2.ClH/c1-34-23-11-6-12-24-25(23)28-27(35-24)30(14-13-29-15-17-32-18-16-29)26(31)20-7-5-10-22(19-20)33-21-8-3-2-4-9-21;/h2-12,19H,13-18H2,1H3;1H. The number of fused-ring (bicyclic) bond motifs is 1. The van der Waals surface area contributed by atoms with Crippen LogP contribution < -0.4 is 9.64 Å². The Balaban J connectivity index is 0.00000304. The van der Waals surface area contributed by atoms with Crippen molar-refractivity contribution >= 4 is 56.8 Å². The number of amides is 1. The number of anilines is 1. The number of ether oxygens (including phenoxy) is 2. The van der Waals surface area contributed by atoms with Gasteiger partial charge in [0.25, 0.3) is 5.91 Å². The Labute approximate surface area is 225 Å². The lowest BCUT2D eigenvalue weighted by atomic mass is 10.2. The molecule has 0 N–H and O–H groups in total. The molecule has 5 rings (SSSR count). The van der Waals surface area contributed by atoms with Gasteiger partial charge in [-0.3, -0.25) is 14.6 Å². The predicted octanol–water partition coefficient (Wildman–Crippen LogP) is 6.21. The van der Waals surface area contributed by atoms with Crippen molar-refractivity contribution in [3.8, 4) is 11.5 Å². The van der Waals surface area contributed by atoms with Crippen molar-refractivity contribution < 1.29 is 14.3 Å². The molecular formula is C27H28ClN3O3S2. The van der Waals surface area contributed by atoms with Crippen molar-refractivity contribution in [3.63, 3.8) is 0 Å². The third-order valence-electron chi connectivity index (χ3n) is 5.87. The Morgan fingerprint density at radius 2 is 1.81 bits per heavy atom. The van der Waals surface area contributed by atoms with Crippen molar-refractivity contribution in [2.45, 2.75) is 4.90 Å². The maximum Gasteiger partial charge on any atom is 0.260 e. The van der Waals surface area contributed by atoms with Gasteiger partial charge in [0.15, 0.2) is 5.13 Å². The van der Waals surface area contributed by atoms with Crippen LogP contribution in [-0.2, 0) is 4.74 Å². The fourth-order valence-electron chi connectivity index (χ4n) is 4.02. The van der Waals surface area contributed by atoms with Crippen LogP contribution in [0.3, 0.4) is 0 Å². The zero-order valence-corrected chi connectivity index (χ0v) is 22.4. The first-order chi connectivity index (χ1) is 17.2. The Morgan fingerprint density at radius 3 is 2.58 bits per heavy atom. The summed E-state index contributed by atoms with van der Waals surface area (Å²) in [5.41, 5.74) is 1.52. The minimum atomic E-state index is -0.0819. The normalized spacial score (nSPS) is 13.8. The summed E-state index contributed by atoms with van der Waals surface area (Å²) in [6.07, 6.45) is 2.05. The highest BCUT2D eigenvalue weighted by molar-refractivity contribution is 7.98. The number of morpholine rings is 1. The third-order valence-corrected chi connectivity index (χ3v) is 7.68. The van der Waals surface area contributed by atoms with Gasteiger partial charge in [0, 0.05) is 36.6 Å². The molecule has 0 radical (unpaired) electrons. The summed E-state index contributed by atoms with van der Waals surface area (Å²) >= 11 is 3.23. The van der Waals surface area contributed by atoms with Gasteiger partial charge < -0.3 is 9.47 Å². The van der Waals surface area contributed by atoms with Gasteiger partial charge in [0.2, 0.25) is 0 Å². The van der Waals surface area contributed by atoms with Gasteiger partial charge in [0.1, 0.15) is 11.5 Å². The molecule has 1 fully saturated rings. The molecule has 9 heteroatoms. The zero-order chi connectivity index (χ0) is 24.0. The molecule has 0 aliphatic carbocycles. The number of thioether (sulfide) groups is 1. The first-order valence-electron chi connectivity index (χ1n) is 11.6. The topological polar surface area (TPSA) is 54.9 Å². The highest BCUT2D eigenvalue weighted by Crippen LogP contribution is 2.35. The van der Waals surface area contributed by atoms with E-state index in [0.29, 0.717) is 23.0 Å². The fraction of sp³-hybridized carbons (Fsp3) is 0.259. The summed E-state index contributed by atoms with van der Waals surface area (Å²) < 4.78 is 12.5. The summed E-state index contributed by atoms with van der Waals surface area (Å²) in [6.45, 7) is 4.52. The second-order valence-electron chi connectivity index (χ2n) is 8.16. The maximum absolute atomic E-state index is 13.8. The van der Waals surface area contributed by atoms with E-state index in [1.165, 1.54) is 0 Å². The van der Waals surface area contributed by atoms with E-state index < -0.39 is 0 Å². The molecule has 36 heavy (non-hydrogen) atoms. The van der Waals surface area contributed by atoms with Crippen LogP contribution in [0.5, 0.6) is 11.5 Å². The lowest BCUT2D eigenvalue weighted by molar-refractivity contribution is 0.0391. The van der Waals surface area contributed by atoms with Gasteiger partial charge in [-0.25, -0.2) is 4.98 Å². The van der Waals surface area contributed by atoms with Crippen LogP contribution in [0.2, 0.25) is 0 Å². The van der Waals surface area contributed by atoms with Crippen LogP contribution in [0, 0.1) is 0 Å². The second-order valence-corrected chi connectivity index (χ2v) is 10.0. The van der Waals surface area contributed by atoms with Gasteiger partial charge in [0.05, 0.1) is 23.4 Å². The molecule has 4 aromatic rings. The molecule has 188 valence electrons. The van der Waals surface area contributed by atoms with Crippen LogP contribution in [0.15, 0.2) is 77.7 Å². The average Bonchev–Trinajstić information content (AvgIpc) is 3.34. The van der Waals surface area contributed by atoms with Crippen molar-refractivity contribution in [1.29, 1.82) is 0 Å². The Kier molecular flexibility index (Phi) is 9.23. The molecule has 0 saturated carbocycles. The van der Waals surface area contributed by atoms with Gasteiger partial charge >= 0.3 is 0 Å². The Bertz CT molecular complexity index is 1300. The van der Waals surface area contributed by atoms with E-state index in [2.05, 4.69) is 17.0 Å². The number of aromatic nitrogens is 1. The number of para-hydroxylation sites is 2. The van der Waals surface area contributed by atoms with E-state index in [4.69, 9.17) is 14.5 Å². The lowest BCUT2D eigenvalue weighted by Crippen LogP contribution is -2.43. The van der Waals surface area contributed by atoms with E-state index in [1.54, 1.807) is 29.2 Å². The largest absolute Gasteiger partial charge is 0.457 e. The van der Waals surface area contributed by atoms with E-state index in [-0.39, 0.29) is 18.3 Å². The average molecular weight is 542 g/mol. The minimum absolute atomic E-state index is 0. The van der Waals surface area contributed by atoms with Crippen LogP contribution in [-0.4, -0.2) is 61.4 Å². The number of hydrogen-bond acceptors (Lipinski definition) is 7. The van der Waals surface area contributed by atoms with Gasteiger partial charge in [-0.05, 0) is 48.7 Å². The number of benzene rings is 3. The molecule has 1 amide bonds. The number of carbonyl (C=O) groups is 1. The number of halogens is 1. The molecule has 1 aliphatic heterocycles. The molecular weight excluding hydrogens is 514 g/mol. The Hall–Kier alpha value is -2.62. The molecule has 6 nitrogen and oxygen atoms in total. The van der Waals surface area contributed by atoms with Crippen LogP contribution in [0.1, 0.15) is 10.4 Å². The summed E-state index contributed by atoms with van der Waals surface area (Å²) in [6, 6.07) is 23.1. The summed E-state index contributed by atoms with van der Waals surface area (Å²) in [7, 11) is 0. The molecule has 1 aliphatic rings. The molecule has 0 bridgehead atoms. The van der Waals surface area contributed by atoms with Crippen LogP contribution >= 0.6 is 35.5 Å². The molecule has 0 spiro atoms. The van der Waals surface area contributed by atoms with Crippen LogP contribution in [0.4, 0.5) is 5.13 Å². The number of hydrogen-bond donors (Lipinski definition) is 0. The molecule has 1 saturated heterocycles. The first-order valence-corrected chi connectivity index (χ1v) is 13.6. The summed E-state index contributed by atoms with van der Waals surface area (Å²) in [5, 5.41) is 0.717. The number of nitrogens with zero attached hydrogens (tertiary/aromatic N) is 3. The smallest absolute Gasteiger partial charge is 0.260 e. The van der Waals surface area contributed by atoms with E-state index in [0.717, 1.165) is 53.7 Å². The van der Waals surface area contributed by atoms with Gasteiger partial charge in [-0.2, -0.15) is 0 Å². The highest BCUT2D eigenvalue weighted by atomic mass is 35.5. The first kappa shape index (κ1) is 26.4. The Morgan fingerprint density at radius 1 is 1.06 bits per heavy atom. The predicted molar refractivity (Wildman–Crippen MR) is 151 cm³/mol. The number of thiazole rings is 1. The third kappa shape index (κ3) is 6.19. The lowest BCUT2D eigenvalue weighted by Gasteiger charge is -2.29. The SMILES string of the molecule is CSc1cccc2sc(N(CCN3CCOCC3)C(=O)c3cccc(Oc4ccccc4)c3)nc12.Cl. The van der Waals surface area contributed by atoms with Crippen molar-refractivity contribution in [2.24, 2.45) is 0 Å². The number of rotatable bonds is 8. The zero-order valence-electron chi connectivity index (χ0n) is 20.0. The van der Waals surface area contributed by atoms with E-state index >= 15 is 0 Å². The van der Waals surface area contributed by atoms with E-state index in [9.17, 15) is 4.79 Å². The molecule has 0 unspecified atom stereocenters. The molecule has 0 atom stereocenters. The number of carbonyl (C=O) groups excluding carboxylic acids is 1. The van der Waals surface area contributed by atoms with Gasteiger partial charge in [-0.15, -0.1) is 24.2 Å². The van der Waals surface area contributed by atoms with Crippen molar-refractivity contribution in [3.05, 3.63) is 78.4 Å². The fourth-order valence-corrected chi connectivity index (χ4v) is 5.66. The van der Waals surface area contributed by atoms with E-state index in [1.807, 2.05) is 65.8 Å². The van der Waals surface area contributed by atoms with Crippen LogP contribution in [0.25, 0.3) is 10.2 Å². The maximum atomic E-state index is 13.8. The minimum Gasteiger partial charge on any atom is -0.457 e. The molecule has 2 heterocycles. The molecule has 3 aromatic carbocycles. The quantitative estimate of drug-likeness (QED) is 0.247. The van der Waals surface area contributed by atoms with Crippen molar-refractivity contribution in [2.75, 3.05) is 50.5 Å². The second kappa shape index (κ2) is 12.6. The van der Waals surface area contributed by atoms with Gasteiger partial charge in [-0.1, -0.05) is 41.7 Å². The van der Waals surface area contributed by atoms with Crippen molar-refractivity contribution in [1.82, 2.24) is 9.88 Å². The monoisotopic (exact) mass is 541 g/mol.